The molecule has 0 aromatic heterocycles. The zero-order chi connectivity index (χ0) is 19.9. The third-order valence-electron chi connectivity index (χ3n) is 4.86. The van der Waals surface area contributed by atoms with Crippen LogP contribution in [0, 0.1) is 13.8 Å². The molecular formula is C23H28N2O2S. The van der Waals surface area contributed by atoms with E-state index in [4.69, 9.17) is 0 Å². The fourth-order valence-electron chi connectivity index (χ4n) is 3.65. The van der Waals surface area contributed by atoms with Crippen LogP contribution in [-0.4, -0.2) is 35.6 Å². The first-order valence-electron chi connectivity index (χ1n) is 9.86. The second kappa shape index (κ2) is 9.78. The summed E-state index contributed by atoms with van der Waals surface area (Å²) < 4.78 is 0. The van der Waals surface area contributed by atoms with Gasteiger partial charge in [-0.25, -0.2) is 0 Å². The number of nitrogens with one attached hydrogen (secondary N) is 1. The minimum Gasteiger partial charge on any atom is -0.339 e. The Labute approximate surface area is 171 Å². The van der Waals surface area contributed by atoms with E-state index in [2.05, 4.69) is 37.4 Å². The van der Waals surface area contributed by atoms with Gasteiger partial charge in [-0.15, -0.1) is 11.8 Å². The highest BCUT2D eigenvalue weighted by Crippen LogP contribution is 2.21. The molecule has 1 heterocycles. The lowest BCUT2D eigenvalue weighted by molar-refractivity contribution is -0.113. The Balaban J connectivity index is 1.57. The molecular weight excluding hydrogens is 368 g/mol. The van der Waals surface area contributed by atoms with E-state index in [9.17, 15) is 9.59 Å². The lowest BCUT2D eigenvalue weighted by Gasteiger charge is -2.27. The van der Waals surface area contributed by atoms with E-state index in [-0.39, 0.29) is 11.8 Å². The Morgan fingerprint density at radius 2 is 1.68 bits per heavy atom. The van der Waals surface area contributed by atoms with Crippen LogP contribution in [0.2, 0.25) is 0 Å². The van der Waals surface area contributed by atoms with Crippen molar-refractivity contribution in [2.24, 2.45) is 0 Å². The molecule has 1 N–H and O–H groups in total. The van der Waals surface area contributed by atoms with E-state index in [1.165, 1.54) is 23.1 Å². The van der Waals surface area contributed by atoms with Gasteiger partial charge in [0.1, 0.15) is 0 Å². The lowest BCUT2D eigenvalue weighted by atomic mass is 10.1. The highest BCUT2D eigenvalue weighted by Gasteiger charge is 2.21. The maximum atomic E-state index is 12.8. The number of likely N-dealkylation sites (tertiary alicyclic amines) is 1. The Kier molecular flexibility index (Phi) is 7.15. The summed E-state index contributed by atoms with van der Waals surface area (Å²) in [7, 11) is 0. The van der Waals surface area contributed by atoms with Gasteiger partial charge in [0.2, 0.25) is 5.91 Å². The van der Waals surface area contributed by atoms with Crippen molar-refractivity contribution in [1.82, 2.24) is 4.90 Å². The van der Waals surface area contributed by atoms with Crippen LogP contribution < -0.4 is 5.32 Å². The Morgan fingerprint density at radius 3 is 2.39 bits per heavy atom. The minimum atomic E-state index is -0.0757. The highest BCUT2D eigenvalue weighted by atomic mass is 32.2. The van der Waals surface area contributed by atoms with Crippen LogP contribution in [0.4, 0.5) is 5.69 Å². The van der Waals surface area contributed by atoms with Crippen LogP contribution in [0.15, 0.2) is 42.5 Å². The summed E-state index contributed by atoms with van der Waals surface area (Å²) in [5.74, 6) is 1.09. The number of piperidine rings is 1. The number of hydrogen-bond acceptors (Lipinski definition) is 3. The van der Waals surface area contributed by atoms with Crippen LogP contribution in [0.5, 0.6) is 0 Å². The molecule has 5 heteroatoms. The molecule has 0 atom stereocenters. The van der Waals surface area contributed by atoms with E-state index in [1.54, 1.807) is 17.8 Å². The number of para-hydroxylation sites is 1. The number of hydrogen-bond donors (Lipinski definition) is 1. The molecule has 2 aromatic carbocycles. The van der Waals surface area contributed by atoms with E-state index in [0.29, 0.717) is 17.0 Å². The van der Waals surface area contributed by atoms with Gasteiger partial charge in [0.15, 0.2) is 0 Å². The summed E-state index contributed by atoms with van der Waals surface area (Å²) in [5, 5.41) is 2.93. The maximum Gasteiger partial charge on any atom is 0.255 e. The van der Waals surface area contributed by atoms with Crippen molar-refractivity contribution in [2.75, 3.05) is 24.2 Å². The molecule has 1 aliphatic rings. The minimum absolute atomic E-state index is 0.0125. The predicted octanol–water partition coefficient (Wildman–Crippen LogP) is 4.80. The topological polar surface area (TPSA) is 49.4 Å². The van der Waals surface area contributed by atoms with E-state index < -0.39 is 0 Å². The van der Waals surface area contributed by atoms with Gasteiger partial charge < -0.3 is 10.2 Å². The second-order valence-corrected chi connectivity index (χ2v) is 8.42. The molecule has 0 radical (unpaired) electrons. The highest BCUT2D eigenvalue weighted by molar-refractivity contribution is 7.99. The van der Waals surface area contributed by atoms with Crippen molar-refractivity contribution < 1.29 is 9.59 Å². The number of carbonyl (C=O) groups excluding carboxylic acids is 2. The average molecular weight is 397 g/mol. The first-order valence-corrected chi connectivity index (χ1v) is 11.0. The molecule has 4 nitrogen and oxygen atoms in total. The fraction of sp³-hybridized carbons (Fsp3) is 0.391. The van der Waals surface area contributed by atoms with Crippen LogP contribution >= 0.6 is 11.8 Å². The van der Waals surface area contributed by atoms with Crippen LogP contribution in [-0.2, 0) is 10.5 Å². The molecule has 1 saturated heterocycles. The van der Waals surface area contributed by atoms with Crippen molar-refractivity contribution in [2.45, 2.75) is 38.9 Å². The summed E-state index contributed by atoms with van der Waals surface area (Å²) in [4.78, 5) is 27.2. The molecule has 2 amide bonds. The van der Waals surface area contributed by atoms with Crippen molar-refractivity contribution in [3.05, 3.63) is 64.7 Å². The predicted molar refractivity (Wildman–Crippen MR) is 117 cm³/mol. The van der Waals surface area contributed by atoms with Crippen LogP contribution in [0.25, 0.3) is 0 Å². The number of amides is 2. The normalized spacial score (nSPS) is 14.0. The fourth-order valence-corrected chi connectivity index (χ4v) is 4.41. The quantitative estimate of drug-likeness (QED) is 0.763. The van der Waals surface area contributed by atoms with Gasteiger partial charge in [-0.3, -0.25) is 9.59 Å². The lowest BCUT2D eigenvalue weighted by Crippen LogP contribution is -2.36. The van der Waals surface area contributed by atoms with Crippen LogP contribution in [0.3, 0.4) is 0 Å². The van der Waals surface area contributed by atoms with Gasteiger partial charge in [0.25, 0.3) is 5.91 Å². The van der Waals surface area contributed by atoms with E-state index in [1.807, 2.05) is 23.1 Å². The first kappa shape index (κ1) is 20.5. The van der Waals surface area contributed by atoms with Gasteiger partial charge in [-0.1, -0.05) is 41.5 Å². The number of nitrogens with zero attached hydrogens (tertiary/aromatic N) is 1. The van der Waals surface area contributed by atoms with E-state index >= 15 is 0 Å². The standard InChI is InChI=1S/C23H28N2O2S/c1-17-12-18(2)14-19(13-17)15-28-16-22(26)24-21-9-5-4-8-20(21)23(27)25-10-6-3-7-11-25/h4-5,8-9,12-14H,3,6-7,10-11,15-16H2,1-2H3,(H,24,26). The third kappa shape index (κ3) is 5.61. The molecule has 0 bridgehead atoms. The van der Waals surface area contributed by atoms with Crippen molar-refractivity contribution >= 4 is 29.3 Å². The molecule has 0 spiro atoms. The monoisotopic (exact) mass is 396 g/mol. The Hall–Kier alpha value is -2.27. The van der Waals surface area contributed by atoms with Gasteiger partial charge in [0.05, 0.1) is 17.0 Å². The molecule has 0 unspecified atom stereocenters. The smallest absolute Gasteiger partial charge is 0.255 e. The molecule has 3 rings (SSSR count). The number of aryl methyl sites for hydroxylation is 2. The number of rotatable bonds is 6. The molecule has 2 aromatic rings. The van der Waals surface area contributed by atoms with Crippen molar-refractivity contribution in [3.8, 4) is 0 Å². The van der Waals surface area contributed by atoms with Gasteiger partial charge in [0, 0.05) is 18.8 Å². The molecule has 0 aliphatic carbocycles. The molecule has 28 heavy (non-hydrogen) atoms. The number of benzene rings is 2. The number of carbonyl (C=O) groups is 2. The van der Waals surface area contributed by atoms with Crippen molar-refractivity contribution in [3.63, 3.8) is 0 Å². The summed E-state index contributed by atoms with van der Waals surface area (Å²) in [6, 6.07) is 13.8. The maximum absolute atomic E-state index is 12.8. The SMILES string of the molecule is Cc1cc(C)cc(CSCC(=O)Nc2ccccc2C(=O)N2CCCCC2)c1. The zero-order valence-corrected chi connectivity index (χ0v) is 17.5. The number of thioether (sulfide) groups is 1. The average Bonchev–Trinajstić information content (AvgIpc) is 2.68. The molecule has 0 saturated carbocycles. The number of anilines is 1. The largest absolute Gasteiger partial charge is 0.339 e. The summed E-state index contributed by atoms with van der Waals surface area (Å²) >= 11 is 1.59. The zero-order valence-electron chi connectivity index (χ0n) is 16.7. The Bertz CT molecular complexity index is 824. The van der Waals surface area contributed by atoms with Gasteiger partial charge >= 0.3 is 0 Å². The van der Waals surface area contributed by atoms with Crippen molar-refractivity contribution in [1.29, 1.82) is 0 Å². The summed E-state index contributed by atoms with van der Waals surface area (Å²) in [6.45, 7) is 5.77. The molecule has 1 fully saturated rings. The van der Waals surface area contributed by atoms with E-state index in [0.717, 1.165) is 31.7 Å². The first-order chi connectivity index (χ1) is 13.5. The second-order valence-electron chi connectivity index (χ2n) is 7.44. The van der Waals surface area contributed by atoms with Crippen LogP contribution in [0.1, 0.15) is 46.3 Å². The van der Waals surface area contributed by atoms with Gasteiger partial charge in [-0.05, 0) is 50.8 Å². The summed E-state index contributed by atoms with van der Waals surface area (Å²) in [6.07, 6.45) is 3.28. The third-order valence-corrected chi connectivity index (χ3v) is 5.86. The van der Waals surface area contributed by atoms with Gasteiger partial charge in [-0.2, -0.15) is 0 Å². The summed E-state index contributed by atoms with van der Waals surface area (Å²) in [5.41, 5.74) is 4.90. The molecule has 1 aliphatic heterocycles. The molecule has 148 valence electrons. The Morgan fingerprint density at radius 1 is 1.00 bits per heavy atom.